The Kier molecular flexibility index (Phi) is 531. The molecule has 0 fully saturated rings. The molecule has 0 aliphatic carbocycles. The van der Waals surface area contributed by atoms with Gasteiger partial charge in [0.15, 0.2) is 0 Å². The lowest BCUT2D eigenvalue weighted by Crippen LogP contribution is -0.552. The maximum Gasteiger partial charge on any atom is 0 e. The first-order valence-electron chi connectivity index (χ1n) is 1.000. The van der Waals surface area contributed by atoms with E-state index in [1.165, 1.54) is 0 Å². The van der Waals surface area contributed by atoms with Crippen LogP contribution >= 0.6 is 0 Å². The van der Waals surface area contributed by atoms with Gasteiger partial charge in [-0.1, -0.05) is 0 Å². The lowest BCUT2D eigenvalue weighted by Gasteiger charge is -0.813. The van der Waals surface area contributed by atoms with Gasteiger partial charge in [-0.25, -0.2) is 0 Å². The van der Waals surface area contributed by atoms with E-state index >= 15 is 0 Å². The average molecular weight is 66.9 g/mol. The molecule has 0 aromatic carbocycles. The molecule has 0 atom stereocenters. The first-order valence-corrected chi connectivity index (χ1v) is 1.000. The van der Waals surface area contributed by atoms with Gasteiger partial charge in [0.25, 0.3) is 0 Å². The summed E-state index contributed by atoms with van der Waals surface area (Å²) in [6, 6.07) is 0. The lowest BCUT2D eigenvalue weighted by molar-refractivity contribution is 2.81. The highest BCUT2D eigenvalue weighted by Crippen LogP contribution is 0.864. The van der Waals surface area contributed by atoms with Gasteiger partial charge in [0.05, 0.1) is 0 Å². The summed E-state index contributed by atoms with van der Waals surface area (Å²) in [6.45, 7) is 12.0. The fraction of sp³-hybridized carbons (Fsp3) is 0. The maximum atomic E-state index is 3.00. The normalized spacial score (nSPS) is 1.60. The summed E-state index contributed by atoms with van der Waals surface area (Å²) >= 11 is 0. The molecular weight excluding hydrogens is 58.9 g/mol. The Morgan fingerprint density at radius 2 is 0.600 bits per heavy atom. The average Bonchev–Trinajstić information content (AvgIpc) is 1.50. The third-order valence-corrected chi connectivity index (χ3v) is 0. The zero-order valence-corrected chi connectivity index (χ0v) is 3.41. The van der Waals surface area contributed by atoms with Gasteiger partial charge in [-0.15, -0.1) is 26.3 Å². The molecule has 27 valence electrons. The molecule has 1 heteroatoms. The molecule has 0 nitrogen and oxygen atoms in total. The highest BCUT2D eigenvalue weighted by atomic mass is 12.7. The van der Waals surface area contributed by atoms with Crippen molar-refractivity contribution in [2.24, 2.45) is 0 Å². The Hall–Kier alpha value is -0.455. The van der Waals surface area contributed by atoms with Gasteiger partial charge in [0.1, 0.15) is 0 Å². The molecule has 0 aromatic rings. The van der Waals surface area contributed by atoms with Gasteiger partial charge >= 0.3 is 0 Å². The van der Waals surface area contributed by atoms with Gasteiger partial charge < -0.3 is 0 Å². The van der Waals surface area contributed by atoms with E-state index in [4.69, 9.17) is 0 Å². The third-order valence-electron chi connectivity index (χ3n) is 0. The lowest BCUT2D eigenvalue weighted by atomic mass is 10.8. The summed E-state index contributed by atoms with van der Waals surface area (Å²) in [5, 5.41) is 0. The van der Waals surface area contributed by atoms with Crippen molar-refractivity contribution in [3.63, 3.8) is 0 Å². The van der Waals surface area contributed by atoms with Crippen LogP contribution in [0.3, 0.4) is 0 Å². The second-order valence-electron chi connectivity index (χ2n) is 0. The van der Waals surface area contributed by atoms with E-state index in [-0.39, 0.29) is 8.41 Å². The van der Waals surface area contributed by atoms with Crippen LogP contribution in [0.5, 0.6) is 0 Å². The van der Waals surface area contributed by atoms with Gasteiger partial charge in [-0.05, 0) is 0 Å². The molecule has 5 heavy (non-hydrogen) atoms. The Morgan fingerprint density at radius 1 is 0.600 bits per heavy atom. The summed E-state index contributed by atoms with van der Waals surface area (Å²) in [4.78, 5) is 0. The predicted molar refractivity (Wildman–Crippen MR) is 28.3 cm³/mol. The summed E-state index contributed by atoms with van der Waals surface area (Å²) in [6.07, 6.45) is 0. The van der Waals surface area contributed by atoms with Crippen LogP contribution < -0.4 is 0 Å². The standard InChI is InChI=1S/2C2H4.B/c2*1-2;/h2*1-2H2;. The van der Waals surface area contributed by atoms with Gasteiger partial charge in [0.2, 0.25) is 0 Å². The molecule has 0 aromatic heterocycles. The zero-order chi connectivity index (χ0) is 4.00. The molecule has 0 saturated heterocycles. The topological polar surface area (TPSA) is 0 Å². The van der Waals surface area contributed by atoms with E-state index in [0.29, 0.717) is 0 Å². The number of rotatable bonds is 0. The first-order chi connectivity index (χ1) is 2.00. The van der Waals surface area contributed by atoms with Crippen molar-refractivity contribution in [1.82, 2.24) is 0 Å². The van der Waals surface area contributed by atoms with Crippen molar-refractivity contribution < 1.29 is 0 Å². The molecule has 0 aliphatic heterocycles. The minimum absolute atomic E-state index is 0. The van der Waals surface area contributed by atoms with Crippen molar-refractivity contribution in [3.05, 3.63) is 26.3 Å². The molecule has 0 spiro atoms. The van der Waals surface area contributed by atoms with Gasteiger partial charge in [-0.3, -0.25) is 0 Å². The van der Waals surface area contributed by atoms with Crippen LogP contribution in [0.2, 0.25) is 0 Å². The largest absolute Gasteiger partial charge is 0.106 e. The van der Waals surface area contributed by atoms with Gasteiger partial charge in [0, 0.05) is 8.41 Å². The zero-order valence-electron chi connectivity index (χ0n) is 3.41. The second-order valence-corrected chi connectivity index (χ2v) is 0. The summed E-state index contributed by atoms with van der Waals surface area (Å²) in [5.74, 6) is 0. The van der Waals surface area contributed by atoms with E-state index in [1.807, 2.05) is 0 Å². The molecule has 0 bridgehead atoms. The molecule has 0 rings (SSSR count). The number of hydrogen-bond donors (Lipinski definition) is 0. The Balaban J connectivity index is -0.0000000133. The molecule has 0 aliphatic rings. The molecule has 0 unspecified atom stereocenters. The fourth-order valence-corrected chi connectivity index (χ4v) is 0. The predicted octanol–water partition coefficient (Wildman–Crippen LogP) is 1.22. The van der Waals surface area contributed by atoms with E-state index in [9.17, 15) is 0 Å². The molecule has 0 heterocycles. The smallest absolute Gasteiger partial charge is 0 e. The summed E-state index contributed by atoms with van der Waals surface area (Å²) < 4.78 is 0. The minimum Gasteiger partial charge on any atom is -0.106 e. The van der Waals surface area contributed by atoms with Crippen LogP contribution in [-0.4, -0.2) is 8.41 Å². The molecule has 0 N–H and O–H groups in total. The van der Waals surface area contributed by atoms with Crippen molar-refractivity contribution in [3.8, 4) is 0 Å². The highest BCUT2D eigenvalue weighted by Gasteiger charge is 0.603. The van der Waals surface area contributed by atoms with Crippen LogP contribution in [0.4, 0.5) is 0 Å². The van der Waals surface area contributed by atoms with Crippen LogP contribution in [0.25, 0.3) is 0 Å². The summed E-state index contributed by atoms with van der Waals surface area (Å²) in [7, 11) is 0. The first kappa shape index (κ1) is 23.9. The second kappa shape index (κ2) is 111. The minimum atomic E-state index is 0. The van der Waals surface area contributed by atoms with Crippen LogP contribution in [0.1, 0.15) is 0 Å². The quantitative estimate of drug-likeness (QED) is 0.295. The van der Waals surface area contributed by atoms with Crippen molar-refractivity contribution in [1.29, 1.82) is 0 Å². The maximum absolute atomic E-state index is 3.00. The molecule has 0 saturated carbocycles. The van der Waals surface area contributed by atoms with E-state index < -0.39 is 0 Å². The van der Waals surface area contributed by atoms with E-state index in [2.05, 4.69) is 26.3 Å². The van der Waals surface area contributed by atoms with Crippen LogP contribution in [0, 0.1) is 0 Å². The van der Waals surface area contributed by atoms with Crippen LogP contribution in [0.15, 0.2) is 26.3 Å². The third kappa shape index (κ3) is 40.9. The monoisotopic (exact) mass is 67.1 g/mol. The Labute approximate surface area is 35.8 Å². The van der Waals surface area contributed by atoms with Crippen LogP contribution in [-0.2, 0) is 0 Å². The van der Waals surface area contributed by atoms with Gasteiger partial charge in [-0.2, -0.15) is 0 Å². The fourth-order valence-electron chi connectivity index (χ4n) is 0. The molecule has 0 amide bonds. The SMILES string of the molecule is C=C.C=C.[B]. The van der Waals surface area contributed by atoms with Crippen molar-refractivity contribution >= 4 is 8.41 Å². The highest BCUT2D eigenvalue weighted by molar-refractivity contribution is 5.75. The number of hydrogen-bond acceptors (Lipinski definition) is 0. The van der Waals surface area contributed by atoms with Crippen molar-refractivity contribution in [2.75, 3.05) is 0 Å². The Bertz CT molecular complexity index is 5.61. The van der Waals surface area contributed by atoms with E-state index in [0.717, 1.165) is 0 Å². The molecule has 3 radical (unpaired) electrons. The van der Waals surface area contributed by atoms with Crippen molar-refractivity contribution in [2.45, 2.75) is 0 Å². The summed E-state index contributed by atoms with van der Waals surface area (Å²) in [5.41, 5.74) is 0. The molecular formula is C4H8B. The van der Waals surface area contributed by atoms with E-state index in [1.54, 1.807) is 0 Å². The Morgan fingerprint density at radius 3 is 0.600 bits per heavy atom.